The lowest BCUT2D eigenvalue weighted by atomic mass is 9.97. The van der Waals surface area contributed by atoms with Crippen LogP contribution in [0, 0.1) is 5.92 Å². The highest BCUT2D eigenvalue weighted by Gasteiger charge is 2.37. The molecule has 0 radical (unpaired) electrons. The summed E-state index contributed by atoms with van der Waals surface area (Å²) in [5, 5.41) is 0.695. The van der Waals surface area contributed by atoms with Crippen LogP contribution in [-0.4, -0.2) is 69.9 Å². The molecule has 0 unspecified atom stereocenters. The molecule has 4 rings (SSSR count). The van der Waals surface area contributed by atoms with Crippen LogP contribution in [0.2, 0.25) is 5.02 Å². The van der Waals surface area contributed by atoms with E-state index >= 15 is 0 Å². The molecule has 0 N–H and O–H groups in total. The number of rotatable bonds is 6. The zero-order valence-corrected chi connectivity index (χ0v) is 22.2. The second kappa shape index (κ2) is 10.8. The van der Waals surface area contributed by atoms with Gasteiger partial charge in [-0.3, -0.25) is 4.79 Å². The Kier molecular flexibility index (Phi) is 7.93. The molecule has 2 heterocycles. The second-order valence-corrected chi connectivity index (χ2v) is 11.9. The van der Waals surface area contributed by atoms with E-state index in [-0.39, 0.29) is 29.2 Å². The number of methoxy groups -OCH3 is 1. The smallest absolute Gasteiger partial charge is 0.246 e. The van der Waals surface area contributed by atoms with Gasteiger partial charge in [-0.2, -0.15) is 4.31 Å². The van der Waals surface area contributed by atoms with Crippen LogP contribution in [0.5, 0.6) is 5.75 Å². The van der Waals surface area contributed by atoms with Gasteiger partial charge in [-0.05, 0) is 54.7 Å². The fraction of sp³-hybridized carbons (Fsp3) is 0.500. The molecule has 1 amide bonds. The molecule has 7 nitrogen and oxygen atoms in total. The first-order chi connectivity index (χ1) is 16.7. The van der Waals surface area contributed by atoms with Crippen LogP contribution >= 0.6 is 11.6 Å². The van der Waals surface area contributed by atoms with Crippen LogP contribution in [-0.2, 0) is 14.8 Å². The normalized spacial score (nSPS) is 19.7. The van der Waals surface area contributed by atoms with Crippen molar-refractivity contribution in [2.24, 2.45) is 5.92 Å². The third kappa shape index (κ3) is 5.60. The summed E-state index contributed by atoms with van der Waals surface area (Å²) in [6.45, 7) is 7.33. The Bertz CT molecular complexity index is 1160. The van der Waals surface area contributed by atoms with E-state index in [9.17, 15) is 13.2 Å². The molecule has 35 heavy (non-hydrogen) atoms. The Morgan fingerprint density at radius 2 is 1.80 bits per heavy atom. The Labute approximate surface area is 213 Å². The monoisotopic (exact) mass is 519 g/mol. The number of ether oxygens (including phenoxy) is 1. The lowest BCUT2D eigenvalue weighted by molar-refractivity contribution is -0.137. The van der Waals surface area contributed by atoms with Crippen molar-refractivity contribution in [1.82, 2.24) is 9.21 Å². The molecule has 190 valence electrons. The van der Waals surface area contributed by atoms with E-state index in [2.05, 4.69) is 4.90 Å². The molecule has 0 saturated carbocycles. The molecule has 0 bridgehead atoms. The minimum Gasteiger partial charge on any atom is -0.495 e. The highest BCUT2D eigenvalue weighted by molar-refractivity contribution is 7.89. The zero-order chi connectivity index (χ0) is 25.2. The lowest BCUT2D eigenvalue weighted by Crippen LogP contribution is -2.53. The maximum Gasteiger partial charge on any atom is 0.246 e. The van der Waals surface area contributed by atoms with Gasteiger partial charge < -0.3 is 14.5 Å². The standard InChI is InChI=1S/C26H34ClN3O4S/c1-19(2)20-9-10-24(34-3)25(16-20)35(32,33)30-11-5-6-21(18-30)26(31)29-14-12-28(13-15-29)23-8-4-7-22(27)17-23/h4,7-10,16-17,19,21H,5-6,11-15,18H2,1-3H3/t21-/m0/s1. The molecule has 2 fully saturated rings. The summed E-state index contributed by atoms with van der Waals surface area (Å²) in [4.78, 5) is 17.6. The first-order valence-corrected chi connectivity index (χ1v) is 14.0. The van der Waals surface area contributed by atoms with Crippen LogP contribution in [0.25, 0.3) is 0 Å². The molecular weight excluding hydrogens is 486 g/mol. The molecule has 2 aliphatic rings. The molecule has 2 saturated heterocycles. The van der Waals surface area contributed by atoms with E-state index in [4.69, 9.17) is 16.3 Å². The topological polar surface area (TPSA) is 70.2 Å². The van der Waals surface area contributed by atoms with Gasteiger partial charge in [0.25, 0.3) is 0 Å². The van der Waals surface area contributed by atoms with Crippen molar-refractivity contribution >= 4 is 33.2 Å². The number of hydrogen-bond acceptors (Lipinski definition) is 5. The summed E-state index contributed by atoms with van der Waals surface area (Å²) >= 11 is 6.13. The number of carbonyl (C=O) groups is 1. The van der Waals surface area contributed by atoms with Gasteiger partial charge in [0.2, 0.25) is 15.9 Å². The highest BCUT2D eigenvalue weighted by atomic mass is 35.5. The maximum atomic E-state index is 13.6. The molecule has 9 heteroatoms. The number of piperazine rings is 1. The molecule has 1 atom stereocenters. The number of sulfonamides is 1. The van der Waals surface area contributed by atoms with E-state index in [1.807, 2.05) is 49.1 Å². The van der Waals surface area contributed by atoms with Crippen molar-refractivity contribution < 1.29 is 17.9 Å². The van der Waals surface area contributed by atoms with E-state index in [0.29, 0.717) is 43.2 Å². The number of anilines is 1. The Morgan fingerprint density at radius 3 is 2.46 bits per heavy atom. The fourth-order valence-corrected chi connectivity index (χ4v) is 6.77. The van der Waals surface area contributed by atoms with Crippen LogP contribution in [0.4, 0.5) is 5.69 Å². The lowest BCUT2D eigenvalue weighted by Gasteiger charge is -2.39. The summed E-state index contributed by atoms with van der Waals surface area (Å²) in [6.07, 6.45) is 1.35. The molecule has 0 aromatic heterocycles. The third-order valence-corrected chi connectivity index (χ3v) is 9.09. The Hall–Kier alpha value is -2.29. The number of piperidine rings is 1. The number of nitrogens with zero attached hydrogens (tertiary/aromatic N) is 3. The fourth-order valence-electron chi connectivity index (χ4n) is 4.87. The second-order valence-electron chi connectivity index (χ2n) is 9.56. The van der Waals surface area contributed by atoms with Crippen LogP contribution in [0.1, 0.15) is 38.2 Å². The summed E-state index contributed by atoms with van der Waals surface area (Å²) in [5.74, 6) is 0.227. The van der Waals surface area contributed by atoms with E-state index in [1.165, 1.54) is 11.4 Å². The summed E-state index contributed by atoms with van der Waals surface area (Å²) in [7, 11) is -2.31. The van der Waals surface area contributed by atoms with Crippen molar-refractivity contribution in [2.45, 2.75) is 37.5 Å². The van der Waals surface area contributed by atoms with Crippen LogP contribution in [0.15, 0.2) is 47.4 Å². The van der Waals surface area contributed by atoms with E-state index < -0.39 is 10.0 Å². The average Bonchev–Trinajstić information content (AvgIpc) is 2.88. The minimum atomic E-state index is -3.79. The van der Waals surface area contributed by atoms with Gasteiger partial charge in [-0.1, -0.05) is 37.6 Å². The molecule has 2 aromatic carbocycles. The minimum absolute atomic E-state index is 0.0403. The number of hydrogen-bond donors (Lipinski definition) is 0. The van der Waals surface area contributed by atoms with Gasteiger partial charge in [0.15, 0.2) is 0 Å². The van der Waals surface area contributed by atoms with Gasteiger partial charge in [-0.25, -0.2) is 8.42 Å². The van der Waals surface area contributed by atoms with Crippen molar-refractivity contribution in [3.05, 3.63) is 53.1 Å². The first kappa shape index (κ1) is 25.8. The average molecular weight is 520 g/mol. The van der Waals surface area contributed by atoms with Crippen LogP contribution < -0.4 is 9.64 Å². The van der Waals surface area contributed by atoms with E-state index in [1.54, 1.807) is 12.1 Å². The van der Waals surface area contributed by atoms with Gasteiger partial charge in [0.1, 0.15) is 10.6 Å². The molecule has 2 aliphatic heterocycles. The van der Waals surface area contributed by atoms with Crippen molar-refractivity contribution in [3.63, 3.8) is 0 Å². The third-order valence-electron chi connectivity index (χ3n) is 6.97. The largest absolute Gasteiger partial charge is 0.495 e. The summed E-state index contributed by atoms with van der Waals surface area (Å²) in [6, 6.07) is 13.1. The summed E-state index contributed by atoms with van der Waals surface area (Å²) in [5.41, 5.74) is 1.99. The van der Waals surface area contributed by atoms with Gasteiger partial charge in [0.05, 0.1) is 13.0 Å². The van der Waals surface area contributed by atoms with E-state index in [0.717, 1.165) is 24.3 Å². The van der Waals surface area contributed by atoms with Gasteiger partial charge in [-0.15, -0.1) is 0 Å². The van der Waals surface area contributed by atoms with Gasteiger partial charge >= 0.3 is 0 Å². The predicted molar refractivity (Wildman–Crippen MR) is 139 cm³/mol. The summed E-state index contributed by atoms with van der Waals surface area (Å²) < 4.78 is 34.1. The molecular formula is C26H34ClN3O4S. The quantitative estimate of drug-likeness (QED) is 0.571. The number of halogens is 1. The maximum absolute atomic E-state index is 13.6. The Morgan fingerprint density at radius 1 is 1.06 bits per heavy atom. The number of amides is 1. The van der Waals surface area contributed by atoms with Crippen LogP contribution in [0.3, 0.4) is 0 Å². The van der Waals surface area contributed by atoms with Gasteiger partial charge in [0, 0.05) is 50.0 Å². The molecule has 0 aliphatic carbocycles. The molecule has 2 aromatic rings. The first-order valence-electron chi connectivity index (χ1n) is 12.2. The van der Waals surface area contributed by atoms with Crippen molar-refractivity contribution in [1.29, 1.82) is 0 Å². The molecule has 0 spiro atoms. The van der Waals surface area contributed by atoms with Crippen molar-refractivity contribution in [2.75, 3.05) is 51.3 Å². The zero-order valence-electron chi connectivity index (χ0n) is 20.6. The van der Waals surface area contributed by atoms with Crippen molar-refractivity contribution in [3.8, 4) is 5.75 Å². The number of benzene rings is 2. The highest BCUT2D eigenvalue weighted by Crippen LogP contribution is 2.33. The predicted octanol–water partition coefficient (Wildman–Crippen LogP) is 4.22. The SMILES string of the molecule is COc1ccc(C(C)C)cc1S(=O)(=O)N1CCC[C@H](C(=O)N2CCN(c3cccc(Cl)c3)CC2)C1. The Balaban J connectivity index is 1.45. The number of carbonyl (C=O) groups excluding carboxylic acids is 1.